The molecule has 224 valence electrons. The van der Waals surface area contributed by atoms with E-state index in [9.17, 15) is 9.90 Å². The van der Waals surface area contributed by atoms with Crippen LogP contribution in [0.25, 0.3) is 0 Å². The first kappa shape index (κ1) is 29.7. The number of nitrogens with one attached hydrogen (secondary N) is 2. The fourth-order valence-electron chi connectivity index (χ4n) is 4.68. The second kappa shape index (κ2) is 13.9. The van der Waals surface area contributed by atoms with Crippen LogP contribution in [0.4, 0.5) is 17.6 Å². The van der Waals surface area contributed by atoms with E-state index in [1.165, 1.54) is 7.11 Å². The van der Waals surface area contributed by atoms with E-state index in [4.69, 9.17) is 26.1 Å². The molecular formula is C29H32ClN9O4. The SMILES string of the molecule is COc1ccc(CNc2nc(N3CCN(c4ncccc4CO)CC3)nc(OC)c2C(=O)NCc2ncccn2)cc1Cl. The molecule has 5 rings (SSSR count). The van der Waals surface area contributed by atoms with Gasteiger partial charge in [0.05, 0.1) is 32.4 Å². The number of piperazine rings is 1. The Hall–Kier alpha value is -4.75. The highest BCUT2D eigenvalue weighted by atomic mass is 35.5. The molecule has 0 spiro atoms. The van der Waals surface area contributed by atoms with E-state index in [2.05, 4.69) is 35.5 Å². The first-order valence-corrected chi connectivity index (χ1v) is 14.0. The Bertz CT molecular complexity index is 1550. The molecule has 0 saturated carbocycles. The molecule has 1 saturated heterocycles. The van der Waals surface area contributed by atoms with Crippen LogP contribution < -0.4 is 29.9 Å². The molecule has 0 radical (unpaired) electrons. The van der Waals surface area contributed by atoms with E-state index < -0.39 is 5.91 Å². The lowest BCUT2D eigenvalue weighted by atomic mass is 10.2. The minimum Gasteiger partial charge on any atom is -0.495 e. The zero-order valence-corrected chi connectivity index (χ0v) is 24.6. The number of carbonyl (C=O) groups excluding carboxylic acids is 1. The second-order valence-electron chi connectivity index (χ2n) is 9.54. The van der Waals surface area contributed by atoms with Gasteiger partial charge in [0.1, 0.15) is 28.8 Å². The minimum atomic E-state index is -0.442. The van der Waals surface area contributed by atoms with Crippen molar-refractivity contribution in [3.8, 4) is 11.6 Å². The van der Waals surface area contributed by atoms with E-state index in [1.54, 1.807) is 43.9 Å². The fourth-order valence-corrected chi connectivity index (χ4v) is 4.96. The van der Waals surface area contributed by atoms with Crippen LogP contribution in [0, 0.1) is 0 Å². The van der Waals surface area contributed by atoms with Crippen LogP contribution in [0.3, 0.4) is 0 Å². The average molecular weight is 606 g/mol. The topological polar surface area (TPSA) is 151 Å². The van der Waals surface area contributed by atoms with Gasteiger partial charge in [0.2, 0.25) is 11.8 Å². The maximum atomic E-state index is 13.5. The summed E-state index contributed by atoms with van der Waals surface area (Å²) >= 11 is 6.34. The molecule has 1 amide bonds. The minimum absolute atomic E-state index is 0.0853. The lowest BCUT2D eigenvalue weighted by Crippen LogP contribution is -2.47. The zero-order valence-electron chi connectivity index (χ0n) is 23.8. The summed E-state index contributed by atoms with van der Waals surface area (Å²) in [5, 5.41) is 16.3. The number of aliphatic hydroxyl groups is 1. The summed E-state index contributed by atoms with van der Waals surface area (Å²) in [4.78, 5) is 39.8. The Balaban J connectivity index is 1.40. The number of amides is 1. The molecule has 14 heteroatoms. The number of aliphatic hydroxyl groups excluding tert-OH is 1. The van der Waals surface area contributed by atoms with E-state index in [1.807, 2.05) is 23.1 Å². The fraction of sp³-hybridized carbons (Fsp3) is 0.310. The van der Waals surface area contributed by atoms with Crippen molar-refractivity contribution in [1.82, 2.24) is 30.2 Å². The number of hydrogen-bond donors (Lipinski definition) is 3. The number of aromatic nitrogens is 5. The monoisotopic (exact) mass is 605 g/mol. The molecule has 0 bridgehead atoms. The van der Waals surface area contributed by atoms with Gasteiger partial charge in [0.25, 0.3) is 5.91 Å². The number of rotatable bonds is 11. The van der Waals surface area contributed by atoms with Crippen LogP contribution in [-0.4, -0.2) is 76.3 Å². The van der Waals surface area contributed by atoms with Crippen molar-refractivity contribution >= 4 is 35.1 Å². The number of ether oxygens (including phenoxy) is 2. The molecule has 1 aliphatic rings. The first-order valence-electron chi connectivity index (χ1n) is 13.6. The van der Waals surface area contributed by atoms with Crippen molar-refractivity contribution in [2.45, 2.75) is 19.7 Å². The summed E-state index contributed by atoms with van der Waals surface area (Å²) in [6.07, 6.45) is 4.94. The van der Waals surface area contributed by atoms with Gasteiger partial charge >= 0.3 is 0 Å². The lowest BCUT2D eigenvalue weighted by Gasteiger charge is -2.36. The van der Waals surface area contributed by atoms with Gasteiger partial charge in [0, 0.05) is 56.9 Å². The van der Waals surface area contributed by atoms with Gasteiger partial charge < -0.3 is 35.0 Å². The molecule has 1 aromatic carbocycles. The third kappa shape index (κ3) is 7.01. The van der Waals surface area contributed by atoms with Crippen LogP contribution >= 0.6 is 11.6 Å². The lowest BCUT2D eigenvalue weighted by molar-refractivity contribution is 0.0946. The van der Waals surface area contributed by atoms with Gasteiger partial charge in [-0.15, -0.1) is 0 Å². The van der Waals surface area contributed by atoms with Crippen molar-refractivity contribution in [3.63, 3.8) is 0 Å². The quantitative estimate of drug-likeness (QED) is 0.230. The Morgan fingerprint density at radius 3 is 2.40 bits per heavy atom. The van der Waals surface area contributed by atoms with E-state index >= 15 is 0 Å². The third-order valence-electron chi connectivity index (χ3n) is 6.89. The van der Waals surface area contributed by atoms with E-state index in [0.717, 1.165) is 16.9 Å². The van der Waals surface area contributed by atoms with Gasteiger partial charge in [-0.2, -0.15) is 9.97 Å². The molecular weight excluding hydrogens is 574 g/mol. The summed E-state index contributed by atoms with van der Waals surface area (Å²) < 4.78 is 10.9. The molecule has 0 unspecified atom stereocenters. The standard InChI is InChI=1S/C29H32ClN9O4/c1-42-22-7-6-19(15-21(22)30)16-34-25-24(27(41)35-17-23-31-9-4-10-32-23)28(43-2)37-29(36-25)39-13-11-38(12-14-39)26-20(18-40)5-3-8-33-26/h3-10,15,40H,11-14,16-18H2,1-2H3,(H,35,41)(H,34,36,37). The van der Waals surface area contributed by atoms with Crippen molar-refractivity contribution in [1.29, 1.82) is 0 Å². The molecule has 1 aliphatic heterocycles. The number of carbonyl (C=O) groups is 1. The maximum Gasteiger partial charge on any atom is 0.260 e. The van der Waals surface area contributed by atoms with Crippen molar-refractivity contribution in [2.75, 3.05) is 55.5 Å². The number of pyridine rings is 1. The van der Waals surface area contributed by atoms with E-state index in [0.29, 0.717) is 61.1 Å². The van der Waals surface area contributed by atoms with Gasteiger partial charge in [-0.25, -0.2) is 15.0 Å². The summed E-state index contributed by atoms with van der Waals surface area (Å²) in [6, 6.07) is 10.8. The van der Waals surface area contributed by atoms with Gasteiger partial charge in [-0.1, -0.05) is 23.7 Å². The Labute approximate surface area is 253 Å². The van der Waals surface area contributed by atoms with Crippen LogP contribution in [0.2, 0.25) is 5.02 Å². The van der Waals surface area contributed by atoms with Crippen molar-refractivity contribution < 1.29 is 19.4 Å². The molecule has 43 heavy (non-hydrogen) atoms. The number of nitrogens with zero attached hydrogens (tertiary/aromatic N) is 7. The number of benzene rings is 1. The molecule has 0 aliphatic carbocycles. The molecule has 0 atom stereocenters. The highest BCUT2D eigenvalue weighted by molar-refractivity contribution is 6.32. The average Bonchev–Trinajstić information content (AvgIpc) is 3.06. The van der Waals surface area contributed by atoms with Gasteiger partial charge in [-0.3, -0.25) is 4.79 Å². The molecule has 3 aromatic heterocycles. The van der Waals surface area contributed by atoms with Crippen LogP contribution in [0.1, 0.15) is 27.3 Å². The van der Waals surface area contributed by atoms with E-state index in [-0.39, 0.29) is 24.6 Å². The molecule has 3 N–H and O–H groups in total. The normalized spacial score (nSPS) is 13.0. The highest BCUT2D eigenvalue weighted by Gasteiger charge is 2.27. The largest absolute Gasteiger partial charge is 0.495 e. The summed E-state index contributed by atoms with van der Waals surface area (Å²) in [7, 11) is 3.02. The summed E-state index contributed by atoms with van der Waals surface area (Å²) in [5.74, 6) is 2.19. The Kier molecular flexibility index (Phi) is 9.64. The Morgan fingerprint density at radius 1 is 0.953 bits per heavy atom. The molecule has 13 nitrogen and oxygen atoms in total. The zero-order chi connectivity index (χ0) is 30.2. The van der Waals surface area contributed by atoms with Gasteiger partial charge in [-0.05, 0) is 29.8 Å². The summed E-state index contributed by atoms with van der Waals surface area (Å²) in [6.45, 7) is 2.82. The van der Waals surface area contributed by atoms with Crippen molar-refractivity contribution in [3.05, 3.63) is 82.5 Å². The van der Waals surface area contributed by atoms with Crippen LogP contribution in [-0.2, 0) is 19.7 Å². The first-order chi connectivity index (χ1) is 21.0. The number of hydrogen-bond acceptors (Lipinski definition) is 12. The predicted molar refractivity (Wildman–Crippen MR) is 162 cm³/mol. The van der Waals surface area contributed by atoms with Crippen LogP contribution in [0.5, 0.6) is 11.6 Å². The molecule has 4 aromatic rings. The molecule has 1 fully saturated rings. The second-order valence-corrected chi connectivity index (χ2v) is 9.95. The number of methoxy groups -OCH3 is 2. The van der Waals surface area contributed by atoms with Crippen LogP contribution in [0.15, 0.2) is 55.0 Å². The number of halogens is 1. The summed E-state index contributed by atoms with van der Waals surface area (Å²) in [5.41, 5.74) is 1.79. The number of anilines is 3. The molecule has 4 heterocycles. The smallest absolute Gasteiger partial charge is 0.260 e. The maximum absolute atomic E-state index is 13.5. The third-order valence-corrected chi connectivity index (χ3v) is 7.18. The Morgan fingerprint density at radius 2 is 1.70 bits per heavy atom. The highest BCUT2D eigenvalue weighted by Crippen LogP contribution is 2.30. The van der Waals surface area contributed by atoms with Crippen molar-refractivity contribution in [2.24, 2.45) is 0 Å². The predicted octanol–water partition coefficient (Wildman–Crippen LogP) is 2.69. The van der Waals surface area contributed by atoms with Gasteiger partial charge in [0.15, 0.2) is 0 Å².